The normalized spacial score (nSPS) is 10.0. The molecule has 0 bridgehead atoms. The molecule has 0 saturated carbocycles. The number of thioether (sulfide) groups is 1. The predicted octanol–water partition coefficient (Wildman–Crippen LogP) is 4.65. The predicted molar refractivity (Wildman–Crippen MR) is 114 cm³/mol. The van der Waals surface area contributed by atoms with Gasteiger partial charge in [0, 0.05) is 17.0 Å². The minimum Gasteiger partial charge on any atom is -0.426 e. The number of benzene rings is 3. The fourth-order valence-electron chi connectivity index (χ4n) is 2.49. The van der Waals surface area contributed by atoms with Crippen molar-refractivity contribution in [3.8, 4) is 11.8 Å². The first-order valence-corrected chi connectivity index (χ1v) is 10.0. The van der Waals surface area contributed by atoms with Gasteiger partial charge in [-0.1, -0.05) is 30.3 Å². The van der Waals surface area contributed by atoms with Crippen LogP contribution in [0.2, 0.25) is 0 Å². The molecule has 29 heavy (non-hydrogen) atoms. The molecule has 0 spiro atoms. The van der Waals surface area contributed by atoms with Gasteiger partial charge in [0.1, 0.15) is 5.75 Å². The summed E-state index contributed by atoms with van der Waals surface area (Å²) in [6, 6.07) is 24.9. The molecule has 1 amide bonds. The monoisotopic (exact) mass is 402 g/mol. The molecule has 144 valence electrons. The SMILES string of the molecule is N#Cc1ccc(CSCC(=O)Oc2ccc(NC(=O)c3ccccc3)cc2)cc1. The molecule has 0 heterocycles. The number of carbonyl (C=O) groups is 2. The highest BCUT2D eigenvalue weighted by atomic mass is 32.2. The molecule has 6 heteroatoms. The highest BCUT2D eigenvalue weighted by Crippen LogP contribution is 2.18. The van der Waals surface area contributed by atoms with Crippen LogP contribution < -0.4 is 10.1 Å². The number of nitriles is 1. The quantitative estimate of drug-likeness (QED) is 0.460. The number of anilines is 1. The molecule has 3 aromatic carbocycles. The van der Waals surface area contributed by atoms with E-state index < -0.39 is 0 Å². The van der Waals surface area contributed by atoms with Gasteiger partial charge < -0.3 is 10.1 Å². The van der Waals surface area contributed by atoms with Gasteiger partial charge in [0.25, 0.3) is 5.91 Å². The van der Waals surface area contributed by atoms with Crippen LogP contribution in [0.5, 0.6) is 5.75 Å². The van der Waals surface area contributed by atoms with Crippen molar-refractivity contribution in [3.05, 3.63) is 95.6 Å². The average Bonchev–Trinajstić information content (AvgIpc) is 2.76. The average molecular weight is 402 g/mol. The van der Waals surface area contributed by atoms with Gasteiger partial charge in [0.15, 0.2) is 0 Å². The van der Waals surface area contributed by atoms with Gasteiger partial charge in [0.05, 0.1) is 17.4 Å². The zero-order chi connectivity index (χ0) is 20.5. The second kappa shape index (κ2) is 10.1. The molecule has 5 nitrogen and oxygen atoms in total. The molecule has 3 aromatic rings. The van der Waals surface area contributed by atoms with E-state index in [1.165, 1.54) is 11.8 Å². The molecule has 0 aromatic heterocycles. The number of nitrogens with zero attached hydrogens (tertiary/aromatic N) is 1. The van der Waals surface area contributed by atoms with Crippen molar-refractivity contribution in [1.29, 1.82) is 5.26 Å². The van der Waals surface area contributed by atoms with Crippen LogP contribution in [-0.4, -0.2) is 17.6 Å². The summed E-state index contributed by atoms with van der Waals surface area (Å²) in [7, 11) is 0. The van der Waals surface area contributed by atoms with Crippen LogP contribution in [0.4, 0.5) is 5.69 Å². The van der Waals surface area contributed by atoms with E-state index in [4.69, 9.17) is 10.00 Å². The summed E-state index contributed by atoms with van der Waals surface area (Å²) >= 11 is 1.44. The molecule has 0 fully saturated rings. The maximum atomic E-state index is 12.1. The Bertz CT molecular complexity index is 1010. The van der Waals surface area contributed by atoms with E-state index in [1.807, 2.05) is 18.2 Å². The summed E-state index contributed by atoms with van der Waals surface area (Å²) < 4.78 is 5.32. The standard InChI is InChI=1S/C23H18N2O3S/c24-14-17-6-8-18(9-7-17)15-29-16-22(26)28-21-12-10-20(11-13-21)25-23(27)19-4-2-1-3-5-19/h1-13H,15-16H2,(H,25,27). The van der Waals surface area contributed by atoms with Gasteiger partial charge >= 0.3 is 5.97 Å². The van der Waals surface area contributed by atoms with E-state index >= 15 is 0 Å². The zero-order valence-corrected chi connectivity index (χ0v) is 16.3. The van der Waals surface area contributed by atoms with E-state index in [0.29, 0.717) is 28.3 Å². The van der Waals surface area contributed by atoms with E-state index in [2.05, 4.69) is 11.4 Å². The van der Waals surface area contributed by atoms with Gasteiger partial charge in [0.2, 0.25) is 0 Å². The molecule has 0 aliphatic rings. The number of nitrogens with one attached hydrogen (secondary N) is 1. The molecule has 3 rings (SSSR count). The smallest absolute Gasteiger partial charge is 0.321 e. The van der Waals surface area contributed by atoms with Crippen LogP contribution in [0.25, 0.3) is 0 Å². The number of ether oxygens (including phenoxy) is 1. The summed E-state index contributed by atoms with van der Waals surface area (Å²) in [6.45, 7) is 0. The lowest BCUT2D eigenvalue weighted by molar-refractivity contribution is -0.131. The number of hydrogen-bond acceptors (Lipinski definition) is 5. The summed E-state index contributed by atoms with van der Waals surface area (Å²) in [6.07, 6.45) is 0. The van der Waals surface area contributed by atoms with Crippen molar-refractivity contribution < 1.29 is 14.3 Å². The Kier molecular flexibility index (Phi) is 7.04. The molecule has 0 unspecified atom stereocenters. The summed E-state index contributed by atoms with van der Waals surface area (Å²) in [5, 5.41) is 11.6. The van der Waals surface area contributed by atoms with Gasteiger partial charge in [-0.15, -0.1) is 11.8 Å². The van der Waals surface area contributed by atoms with Crippen molar-refractivity contribution >= 4 is 29.3 Å². The van der Waals surface area contributed by atoms with Crippen LogP contribution in [0.15, 0.2) is 78.9 Å². The number of carbonyl (C=O) groups excluding carboxylic acids is 2. The van der Waals surface area contributed by atoms with Gasteiger partial charge in [-0.05, 0) is 54.1 Å². The van der Waals surface area contributed by atoms with Crippen LogP contribution in [0.3, 0.4) is 0 Å². The first-order chi connectivity index (χ1) is 14.1. The Morgan fingerprint density at radius 1 is 0.931 bits per heavy atom. The molecule has 0 saturated heterocycles. The second-order valence-electron chi connectivity index (χ2n) is 6.12. The third-order valence-electron chi connectivity index (χ3n) is 3.95. The summed E-state index contributed by atoms with van der Waals surface area (Å²) in [4.78, 5) is 24.1. The maximum absolute atomic E-state index is 12.1. The first-order valence-electron chi connectivity index (χ1n) is 8.88. The third-order valence-corrected chi connectivity index (χ3v) is 4.93. The largest absolute Gasteiger partial charge is 0.426 e. The Morgan fingerprint density at radius 2 is 1.62 bits per heavy atom. The molecule has 1 N–H and O–H groups in total. The van der Waals surface area contributed by atoms with Crippen molar-refractivity contribution in [3.63, 3.8) is 0 Å². The van der Waals surface area contributed by atoms with Gasteiger partial charge in [-0.2, -0.15) is 5.26 Å². The zero-order valence-electron chi connectivity index (χ0n) is 15.5. The first kappa shape index (κ1) is 20.2. The van der Waals surface area contributed by atoms with Gasteiger partial charge in [-0.25, -0.2) is 0 Å². The Labute approximate surface area is 173 Å². The van der Waals surface area contributed by atoms with E-state index in [1.54, 1.807) is 60.7 Å². The van der Waals surface area contributed by atoms with Gasteiger partial charge in [-0.3, -0.25) is 9.59 Å². The molecule has 0 radical (unpaired) electrons. The minimum atomic E-state index is -0.343. The second-order valence-corrected chi connectivity index (χ2v) is 7.11. The number of esters is 1. The van der Waals surface area contributed by atoms with Crippen molar-refractivity contribution in [1.82, 2.24) is 0 Å². The molecule has 0 aliphatic carbocycles. The Hall–Kier alpha value is -3.56. The topological polar surface area (TPSA) is 79.2 Å². The van der Waals surface area contributed by atoms with Crippen LogP contribution in [0.1, 0.15) is 21.5 Å². The highest BCUT2D eigenvalue weighted by Gasteiger charge is 2.08. The summed E-state index contributed by atoms with van der Waals surface area (Å²) in [5.74, 6) is 0.753. The molecule has 0 atom stereocenters. The van der Waals surface area contributed by atoms with Crippen LogP contribution >= 0.6 is 11.8 Å². The van der Waals surface area contributed by atoms with Crippen LogP contribution in [-0.2, 0) is 10.5 Å². The van der Waals surface area contributed by atoms with E-state index in [0.717, 1.165) is 5.56 Å². The maximum Gasteiger partial charge on any atom is 0.321 e. The Balaban J connectivity index is 1.44. The summed E-state index contributed by atoms with van der Waals surface area (Å²) in [5.41, 5.74) is 2.85. The van der Waals surface area contributed by atoms with Crippen molar-refractivity contribution in [2.75, 3.05) is 11.1 Å². The van der Waals surface area contributed by atoms with E-state index in [-0.39, 0.29) is 17.6 Å². The van der Waals surface area contributed by atoms with Crippen molar-refractivity contribution in [2.45, 2.75) is 5.75 Å². The number of hydrogen-bond donors (Lipinski definition) is 1. The van der Waals surface area contributed by atoms with Crippen molar-refractivity contribution in [2.24, 2.45) is 0 Å². The van der Waals surface area contributed by atoms with Crippen LogP contribution in [0, 0.1) is 11.3 Å². The Morgan fingerprint density at radius 3 is 2.28 bits per heavy atom. The molecule has 0 aliphatic heterocycles. The lowest BCUT2D eigenvalue weighted by Crippen LogP contribution is -2.12. The highest BCUT2D eigenvalue weighted by molar-refractivity contribution is 7.99. The fourth-order valence-corrected chi connectivity index (χ4v) is 3.24. The number of rotatable bonds is 7. The fraction of sp³-hybridized carbons (Fsp3) is 0.0870. The lowest BCUT2D eigenvalue weighted by atomic mass is 10.2. The molecular formula is C23H18N2O3S. The number of amides is 1. The lowest BCUT2D eigenvalue weighted by Gasteiger charge is -2.07. The minimum absolute atomic E-state index is 0.199. The van der Waals surface area contributed by atoms with E-state index in [9.17, 15) is 9.59 Å². The molecular weight excluding hydrogens is 384 g/mol. The third kappa shape index (κ3) is 6.23.